The molecule has 2 rings (SSSR count). The predicted molar refractivity (Wildman–Crippen MR) is 122 cm³/mol. The van der Waals surface area contributed by atoms with Crippen LogP contribution in [0.1, 0.15) is 53.3 Å². The average Bonchev–Trinajstić information content (AvgIpc) is 2.81. The van der Waals surface area contributed by atoms with Crippen molar-refractivity contribution >= 4 is 11.9 Å². The van der Waals surface area contributed by atoms with Crippen LogP contribution < -0.4 is 24.3 Å². The number of hydrogen-bond donors (Lipinski definition) is 2. The van der Waals surface area contributed by atoms with E-state index < -0.39 is 5.97 Å². The van der Waals surface area contributed by atoms with Crippen LogP contribution in [0.5, 0.6) is 23.0 Å². The number of carboxylic acid groups (broad SMARTS) is 1. The van der Waals surface area contributed by atoms with E-state index in [1.54, 1.807) is 12.1 Å². The van der Waals surface area contributed by atoms with Gasteiger partial charge < -0.3 is 29.4 Å². The van der Waals surface area contributed by atoms with Crippen LogP contribution in [0.2, 0.25) is 0 Å². The van der Waals surface area contributed by atoms with Crippen LogP contribution in [-0.2, 0) is 0 Å². The molecule has 2 aromatic rings. The van der Waals surface area contributed by atoms with Crippen molar-refractivity contribution in [1.82, 2.24) is 5.32 Å². The van der Waals surface area contributed by atoms with Gasteiger partial charge in [-0.2, -0.15) is 0 Å². The second-order valence-corrected chi connectivity index (χ2v) is 7.14. The minimum absolute atomic E-state index is 0.00412. The molecule has 0 atom stereocenters. The first-order valence-electron chi connectivity index (χ1n) is 10.5. The standard InChI is InChI=1S/C24H31NO7/c1-6-7-8-9-10-25-23(26)15-11-17(21(31-4)19(13-15)29-2)18-12-16(24(27)28)14-20(30-3)22(18)32-5/h11-14H,6-10H2,1-5H3,(H,25,26)(H,27,28). The summed E-state index contributed by atoms with van der Waals surface area (Å²) < 4.78 is 21.9. The molecule has 0 aliphatic heterocycles. The zero-order valence-corrected chi connectivity index (χ0v) is 19.2. The first-order valence-corrected chi connectivity index (χ1v) is 10.5. The summed E-state index contributed by atoms with van der Waals surface area (Å²) in [6, 6.07) is 6.05. The van der Waals surface area contributed by atoms with Crippen molar-refractivity contribution in [3.63, 3.8) is 0 Å². The first-order chi connectivity index (χ1) is 15.4. The lowest BCUT2D eigenvalue weighted by Gasteiger charge is -2.19. The zero-order chi connectivity index (χ0) is 23.7. The fourth-order valence-electron chi connectivity index (χ4n) is 3.44. The minimum Gasteiger partial charge on any atom is -0.493 e. The predicted octanol–water partition coefficient (Wildman–Crippen LogP) is 4.40. The van der Waals surface area contributed by atoms with Gasteiger partial charge in [-0.25, -0.2) is 4.79 Å². The maximum absolute atomic E-state index is 12.8. The third-order valence-corrected chi connectivity index (χ3v) is 5.07. The second-order valence-electron chi connectivity index (χ2n) is 7.14. The Morgan fingerprint density at radius 3 is 1.78 bits per heavy atom. The monoisotopic (exact) mass is 445 g/mol. The summed E-state index contributed by atoms with van der Waals surface area (Å²) in [7, 11) is 5.82. The largest absolute Gasteiger partial charge is 0.493 e. The molecule has 2 aromatic carbocycles. The molecule has 8 nitrogen and oxygen atoms in total. The SMILES string of the molecule is CCCCCCNC(=O)c1cc(OC)c(OC)c(-c2cc(C(=O)O)cc(OC)c2OC)c1. The Labute approximate surface area is 188 Å². The molecule has 1 amide bonds. The van der Waals surface area contributed by atoms with E-state index in [0.717, 1.165) is 25.7 Å². The van der Waals surface area contributed by atoms with E-state index in [0.29, 0.717) is 40.5 Å². The maximum atomic E-state index is 12.8. The van der Waals surface area contributed by atoms with Gasteiger partial charge in [-0.1, -0.05) is 26.2 Å². The topological polar surface area (TPSA) is 103 Å². The zero-order valence-electron chi connectivity index (χ0n) is 19.2. The fraction of sp³-hybridized carbons (Fsp3) is 0.417. The molecule has 0 spiro atoms. The van der Waals surface area contributed by atoms with E-state index >= 15 is 0 Å². The summed E-state index contributed by atoms with van der Waals surface area (Å²) in [6.45, 7) is 2.69. The Kier molecular flexibility index (Phi) is 9.19. The minimum atomic E-state index is -1.13. The molecule has 0 saturated heterocycles. The average molecular weight is 446 g/mol. The third kappa shape index (κ3) is 5.63. The molecule has 32 heavy (non-hydrogen) atoms. The number of amides is 1. The molecule has 0 saturated carbocycles. The summed E-state index contributed by atoms with van der Waals surface area (Å²) in [5.41, 5.74) is 1.21. The van der Waals surface area contributed by atoms with Gasteiger partial charge in [-0.3, -0.25) is 4.79 Å². The number of unbranched alkanes of at least 4 members (excludes halogenated alkanes) is 3. The lowest BCUT2D eigenvalue weighted by molar-refractivity contribution is 0.0696. The van der Waals surface area contributed by atoms with Crippen LogP contribution >= 0.6 is 0 Å². The van der Waals surface area contributed by atoms with Gasteiger partial charge in [-0.05, 0) is 30.7 Å². The Morgan fingerprint density at radius 1 is 0.781 bits per heavy atom. The second kappa shape index (κ2) is 11.8. The number of ether oxygens (including phenoxy) is 4. The third-order valence-electron chi connectivity index (χ3n) is 5.07. The van der Waals surface area contributed by atoms with Crippen LogP contribution in [0, 0.1) is 0 Å². The Bertz CT molecular complexity index is 956. The molecule has 0 aliphatic rings. The normalized spacial score (nSPS) is 10.4. The molecule has 0 heterocycles. The Morgan fingerprint density at radius 2 is 1.31 bits per heavy atom. The Balaban J connectivity index is 2.60. The number of hydrogen-bond acceptors (Lipinski definition) is 6. The Hall–Kier alpha value is -3.42. The number of nitrogens with one attached hydrogen (secondary N) is 1. The number of carbonyl (C=O) groups is 2. The number of methoxy groups -OCH3 is 4. The molecule has 2 N–H and O–H groups in total. The van der Waals surface area contributed by atoms with Crippen molar-refractivity contribution in [1.29, 1.82) is 0 Å². The number of benzene rings is 2. The molecule has 0 aromatic heterocycles. The first kappa shape index (κ1) is 24.8. The molecule has 174 valence electrons. The van der Waals surface area contributed by atoms with Gasteiger partial charge in [0.15, 0.2) is 23.0 Å². The summed E-state index contributed by atoms with van der Waals surface area (Å²) in [5.74, 6) is -0.148. The lowest BCUT2D eigenvalue weighted by atomic mass is 9.97. The maximum Gasteiger partial charge on any atom is 0.335 e. The smallest absolute Gasteiger partial charge is 0.335 e. The van der Waals surface area contributed by atoms with Crippen molar-refractivity contribution in [2.24, 2.45) is 0 Å². The highest BCUT2D eigenvalue weighted by Gasteiger charge is 2.23. The molecule has 0 unspecified atom stereocenters. The van der Waals surface area contributed by atoms with E-state index in [4.69, 9.17) is 18.9 Å². The summed E-state index contributed by atoms with van der Waals surface area (Å²) >= 11 is 0. The van der Waals surface area contributed by atoms with Gasteiger partial charge in [0, 0.05) is 23.2 Å². The fourth-order valence-corrected chi connectivity index (χ4v) is 3.44. The summed E-state index contributed by atoms with van der Waals surface area (Å²) in [5, 5.41) is 12.5. The lowest BCUT2D eigenvalue weighted by Crippen LogP contribution is -2.24. The van der Waals surface area contributed by atoms with Gasteiger partial charge in [-0.15, -0.1) is 0 Å². The molecule has 0 radical (unpaired) electrons. The summed E-state index contributed by atoms with van der Waals surface area (Å²) in [4.78, 5) is 24.5. The molecular weight excluding hydrogens is 414 g/mol. The van der Waals surface area contributed by atoms with E-state index in [1.807, 2.05) is 0 Å². The van der Waals surface area contributed by atoms with Gasteiger partial charge in [0.2, 0.25) is 0 Å². The molecular formula is C24H31NO7. The highest BCUT2D eigenvalue weighted by atomic mass is 16.5. The molecule has 8 heteroatoms. The van der Waals surface area contributed by atoms with Gasteiger partial charge in [0.1, 0.15) is 0 Å². The van der Waals surface area contributed by atoms with Crippen molar-refractivity contribution in [2.75, 3.05) is 35.0 Å². The van der Waals surface area contributed by atoms with E-state index in [1.165, 1.54) is 40.6 Å². The van der Waals surface area contributed by atoms with Crippen molar-refractivity contribution in [2.45, 2.75) is 32.6 Å². The van der Waals surface area contributed by atoms with Crippen LogP contribution in [0.3, 0.4) is 0 Å². The number of rotatable bonds is 12. The molecule has 0 fully saturated rings. The van der Waals surface area contributed by atoms with Crippen LogP contribution in [-0.4, -0.2) is 52.0 Å². The van der Waals surface area contributed by atoms with Crippen LogP contribution in [0.4, 0.5) is 0 Å². The quantitative estimate of drug-likeness (QED) is 0.467. The van der Waals surface area contributed by atoms with E-state index in [2.05, 4.69) is 12.2 Å². The number of carboxylic acids is 1. The van der Waals surface area contributed by atoms with Crippen LogP contribution in [0.15, 0.2) is 24.3 Å². The van der Waals surface area contributed by atoms with Crippen molar-refractivity contribution < 1.29 is 33.6 Å². The molecule has 0 aliphatic carbocycles. The highest BCUT2D eigenvalue weighted by Crippen LogP contribution is 2.46. The van der Waals surface area contributed by atoms with E-state index in [9.17, 15) is 14.7 Å². The summed E-state index contributed by atoms with van der Waals surface area (Å²) in [6.07, 6.45) is 4.18. The van der Waals surface area contributed by atoms with Gasteiger partial charge in [0.05, 0.1) is 34.0 Å². The van der Waals surface area contributed by atoms with Gasteiger partial charge in [0.25, 0.3) is 5.91 Å². The van der Waals surface area contributed by atoms with Crippen molar-refractivity contribution in [3.8, 4) is 34.1 Å². The van der Waals surface area contributed by atoms with Crippen LogP contribution in [0.25, 0.3) is 11.1 Å². The van der Waals surface area contributed by atoms with Crippen molar-refractivity contribution in [3.05, 3.63) is 35.4 Å². The molecule has 0 bridgehead atoms. The van der Waals surface area contributed by atoms with Gasteiger partial charge >= 0.3 is 5.97 Å². The highest BCUT2D eigenvalue weighted by molar-refractivity contribution is 5.98. The van der Waals surface area contributed by atoms with E-state index in [-0.39, 0.29) is 17.2 Å². The number of aromatic carboxylic acids is 1. The number of carbonyl (C=O) groups excluding carboxylic acids is 1.